The van der Waals surface area contributed by atoms with Crippen molar-refractivity contribution in [3.63, 3.8) is 0 Å². The van der Waals surface area contributed by atoms with E-state index in [1.54, 1.807) is 25.1 Å². The number of aromatic nitrogens is 3. The minimum absolute atomic E-state index is 0.482. The van der Waals surface area contributed by atoms with E-state index in [-0.39, 0.29) is 0 Å². The summed E-state index contributed by atoms with van der Waals surface area (Å²) >= 11 is 5.18. The van der Waals surface area contributed by atoms with Crippen molar-refractivity contribution in [3.05, 3.63) is 34.4 Å². The summed E-state index contributed by atoms with van der Waals surface area (Å²) in [7, 11) is 3.21. The number of benzene rings is 1. The molecule has 1 heterocycles. The molecule has 0 spiro atoms. The van der Waals surface area contributed by atoms with Gasteiger partial charge in [-0.1, -0.05) is 6.92 Å². The summed E-state index contributed by atoms with van der Waals surface area (Å²) in [5, 5.41) is 11.3. The first-order chi connectivity index (χ1) is 10.2. The minimum atomic E-state index is 0.482. The molecule has 0 aliphatic rings. The largest absolute Gasteiger partial charge is 0.493 e. The van der Waals surface area contributed by atoms with Gasteiger partial charge in [0.25, 0.3) is 0 Å². The Morgan fingerprint density at radius 2 is 2.10 bits per heavy atom. The van der Waals surface area contributed by atoms with E-state index >= 15 is 0 Å². The van der Waals surface area contributed by atoms with E-state index in [1.165, 1.54) is 0 Å². The van der Waals surface area contributed by atoms with E-state index in [1.807, 2.05) is 18.2 Å². The Morgan fingerprint density at radius 3 is 2.76 bits per heavy atom. The molecule has 112 valence electrons. The van der Waals surface area contributed by atoms with Crippen LogP contribution in [0.2, 0.25) is 0 Å². The van der Waals surface area contributed by atoms with Crippen molar-refractivity contribution in [1.29, 1.82) is 0 Å². The van der Waals surface area contributed by atoms with Gasteiger partial charge in [0, 0.05) is 6.42 Å². The van der Waals surface area contributed by atoms with Gasteiger partial charge in [0.05, 0.1) is 20.4 Å². The van der Waals surface area contributed by atoms with Crippen LogP contribution in [0.25, 0.3) is 0 Å². The molecule has 1 N–H and O–H groups in total. The number of rotatable bonds is 6. The topological polar surface area (TPSA) is 64.4 Å². The van der Waals surface area contributed by atoms with Crippen molar-refractivity contribution in [3.8, 4) is 11.5 Å². The lowest BCUT2D eigenvalue weighted by Gasteiger charge is -2.07. The third-order valence-electron chi connectivity index (χ3n) is 2.92. The first kappa shape index (κ1) is 15.2. The molecule has 2 aromatic rings. The summed E-state index contributed by atoms with van der Waals surface area (Å²) < 4.78 is 12.6. The van der Waals surface area contributed by atoms with Crippen molar-refractivity contribution < 1.29 is 9.47 Å². The summed E-state index contributed by atoms with van der Waals surface area (Å²) in [5.41, 5.74) is 0.887. The Kier molecular flexibility index (Phi) is 5.10. The van der Waals surface area contributed by atoms with E-state index in [0.717, 1.165) is 24.2 Å². The van der Waals surface area contributed by atoms with Gasteiger partial charge in [-0.15, -0.1) is 0 Å². The molecule has 0 saturated carbocycles. The molecule has 0 atom stereocenters. The lowest BCUT2D eigenvalue weighted by Crippen LogP contribution is -1.99. The number of H-pyrrole nitrogens is 1. The van der Waals surface area contributed by atoms with Gasteiger partial charge in [0.1, 0.15) is 0 Å². The minimum Gasteiger partial charge on any atom is -0.493 e. The number of aryl methyl sites for hydroxylation is 1. The van der Waals surface area contributed by atoms with Crippen LogP contribution >= 0.6 is 12.2 Å². The Bertz CT molecular complexity index is 691. The van der Waals surface area contributed by atoms with Crippen LogP contribution in [0.1, 0.15) is 24.7 Å². The average molecular weight is 306 g/mol. The van der Waals surface area contributed by atoms with Gasteiger partial charge in [-0.05, 0) is 42.4 Å². The highest BCUT2D eigenvalue weighted by atomic mass is 32.1. The summed E-state index contributed by atoms with van der Waals surface area (Å²) in [4.78, 5) is 0. The van der Waals surface area contributed by atoms with Gasteiger partial charge in [0.15, 0.2) is 17.3 Å². The Labute approximate surface area is 128 Å². The number of aromatic amines is 1. The van der Waals surface area contributed by atoms with Gasteiger partial charge in [-0.2, -0.15) is 14.9 Å². The SMILES string of the molecule is CCCc1n[nH]c(=S)n1/N=C\c1ccc(OC)c(OC)c1. The van der Waals surface area contributed by atoms with Crippen molar-refractivity contribution in [2.45, 2.75) is 19.8 Å². The number of nitrogens with one attached hydrogen (secondary N) is 1. The number of ether oxygens (including phenoxy) is 2. The zero-order valence-electron chi connectivity index (χ0n) is 12.3. The predicted molar refractivity (Wildman–Crippen MR) is 83.9 cm³/mol. The molecule has 21 heavy (non-hydrogen) atoms. The van der Waals surface area contributed by atoms with Gasteiger partial charge in [-0.25, -0.2) is 0 Å². The molecule has 0 unspecified atom stereocenters. The van der Waals surface area contributed by atoms with Crippen LogP contribution in [0.15, 0.2) is 23.3 Å². The molecule has 6 nitrogen and oxygen atoms in total. The van der Waals surface area contributed by atoms with Crippen LogP contribution in [0.4, 0.5) is 0 Å². The second kappa shape index (κ2) is 7.03. The molecular weight excluding hydrogens is 288 g/mol. The first-order valence-corrected chi connectivity index (χ1v) is 7.03. The van der Waals surface area contributed by atoms with Gasteiger partial charge in [-0.3, -0.25) is 5.10 Å². The van der Waals surface area contributed by atoms with Crippen LogP contribution in [0, 0.1) is 4.77 Å². The second-order valence-corrected chi connectivity index (χ2v) is 4.75. The maximum absolute atomic E-state index is 5.27. The van der Waals surface area contributed by atoms with Crippen LogP contribution in [-0.4, -0.2) is 35.3 Å². The third kappa shape index (κ3) is 3.49. The molecule has 2 rings (SSSR count). The van der Waals surface area contributed by atoms with Gasteiger partial charge >= 0.3 is 0 Å². The van der Waals surface area contributed by atoms with Crippen LogP contribution in [-0.2, 0) is 6.42 Å². The first-order valence-electron chi connectivity index (χ1n) is 6.62. The predicted octanol–water partition coefficient (Wildman–Crippen LogP) is 2.79. The van der Waals surface area contributed by atoms with E-state index < -0.39 is 0 Å². The normalized spacial score (nSPS) is 11.0. The zero-order valence-corrected chi connectivity index (χ0v) is 13.1. The monoisotopic (exact) mass is 306 g/mol. The number of hydrogen-bond acceptors (Lipinski definition) is 5. The molecule has 0 bridgehead atoms. The standard InChI is InChI=1S/C14H18N4O2S/c1-4-5-13-16-17-14(21)18(13)15-9-10-6-7-11(19-2)12(8-10)20-3/h6-9H,4-5H2,1-3H3,(H,17,21)/b15-9-. The maximum atomic E-state index is 5.27. The van der Waals surface area contributed by atoms with Crippen molar-refractivity contribution in [2.24, 2.45) is 5.10 Å². The van der Waals surface area contributed by atoms with Crippen molar-refractivity contribution >= 4 is 18.4 Å². The average Bonchev–Trinajstić information content (AvgIpc) is 2.85. The van der Waals surface area contributed by atoms with E-state index in [0.29, 0.717) is 16.3 Å². The van der Waals surface area contributed by atoms with Crippen LogP contribution in [0.5, 0.6) is 11.5 Å². The summed E-state index contributed by atoms with van der Waals surface area (Å²) in [6.07, 6.45) is 3.51. The molecule has 0 fully saturated rings. The zero-order chi connectivity index (χ0) is 15.2. The highest BCUT2D eigenvalue weighted by molar-refractivity contribution is 7.71. The molecular formula is C14H18N4O2S. The summed E-state index contributed by atoms with van der Waals surface area (Å²) in [6.45, 7) is 2.08. The molecule has 1 aromatic heterocycles. The highest BCUT2D eigenvalue weighted by Crippen LogP contribution is 2.26. The fourth-order valence-electron chi connectivity index (χ4n) is 1.89. The lowest BCUT2D eigenvalue weighted by atomic mass is 10.2. The summed E-state index contributed by atoms with van der Waals surface area (Å²) in [5.74, 6) is 2.16. The smallest absolute Gasteiger partial charge is 0.216 e. The molecule has 0 aliphatic heterocycles. The number of methoxy groups -OCH3 is 2. The molecule has 0 amide bonds. The lowest BCUT2D eigenvalue weighted by molar-refractivity contribution is 0.355. The molecule has 0 aliphatic carbocycles. The Hall–Kier alpha value is -2.15. The fourth-order valence-corrected chi connectivity index (χ4v) is 2.08. The van der Waals surface area contributed by atoms with Gasteiger partial charge in [0.2, 0.25) is 4.77 Å². The molecule has 1 aromatic carbocycles. The Balaban J connectivity index is 2.29. The van der Waals surface area contributed by atoms with E-state index in [9.17, 15) is 0 Å². The fraction of sp³-hybridized carbons (Fsp3) is 0.357. The third-order valence-corrected chi connectivity index (χ3v) is 3.19. The molecule has 0 saturated heterocycles. The summed E-state index contributed by atoms with van der Waals surface area (Å²) in [6, 6.07) is 5.58. The van der Waals surface area contributed by atoms with Crippen molar-refractivity contribution in [2.75, 3.05) is 14.2 Å². The van der Waals surface area contributed by atoms with E-state index in [2.05, 4.69) is 22.2 Å². The number of nitrogens with zero attached hydrogens (tertiary/aromatic N) is 3. The quantitative estimate of drug-likeness (QED) is 0.658. The Morgan fingerprint density at radius 1 is 1.33 bits per heavy atom. The maximum Gasteiger partial charge on any atom is 0.216 e. The van der Waals surface area contributed by atoms with E-state index in [4.69, 9.17) is 21.7 Å². The van der Waals surface area contributed by atoms with Crippen LogP contribution in [0.3, 0.4) is 0 Å². The molecule has 7 heteroatoms. The highest BCUT2D eigenvalue weighted by Gasteiger charge is 2.05. The number of hydrogen-bond donors (Lipinski definition) is 1. The van der Waals surface area contributed by atoms with Crippen molar-refractivity contribution in [1.82, 2.24) is 14.9 Å². The second-order valence-electron chi connectivity index (χ2n) is 4.37. The molecule has 0 radical (unpaired) electrons. The van der Waals surface area contributed by atoms with Gasteiger partial charge < -0.3 is 9.47 Å². The van der Waals surface area contributed by atoms with Crippen LogP contribution < -0.4 is 9.47 Å².